The van der Waals surface area contributed by atoms with Crippen molar-refractivity contribution in [2.24, 2.45) is 5.16 Å². The lowest BCUT2D eigenvalue weighted by Gasteiger charge is -2.20. The van der Waals surface area contributed by atoms with Gasteiger partial charge in [0.25, 0.3) is 5.91 Å². The molecule has 0 fully saturated rings. The molecule has 0 radical (unpaired) electrons. The van der Waals surface area contributed by atoms with Crippen molar-refractivity contribution < 1.29 is 18.4 Å². The number of nitrogens with one attached hydrogen (secondary N) is 1. The number of hydrogen-bond acceptors (Lipinski definition) is 3. The van der Waals surface area contributed by atoms with Gasteiger partial charge in [0.2, 0.25) is 5.60 Å². The summed E-state index contributed by atoms with van der Waals surface area (Å²) in [6.07, 6.45) is 0.286. The van der Waals surface area contributed by atoms with Gasteiger partial charge in [-0.15, -0.1) is 0 Å². The molecule has 0 bridgehead atoms. The Morgan fingerprint density at radius 2 is 1.71 bits per heavy atom. The highest BCUT2D eigenvalue weighted by atomic mass is 19.1. The summed E-state index contributed by atoms with van der Waals surface area (Å²) in [5, 5.41) is 6.72. The highest BCUT2D eigenvalue weighted by Gasteiger charge is 2.42. The minimum absolute atomic E-state index is 0.268. The normalized spacial score (nSPS) is 19.5. The topological polar surface area (TPSA) is 50.7 Å². The van der Waals surface area contributed by atoms with Crippen molar-refractivity contribution in [3.05, 3.63) is 71.3 Å². The molecular formula is C18H16F2N2O2. The SMILES string of the molecule is C[C@]1(C(=O)NCc2ccc(F)cc2)CC(c2ccc(F)cc2)=NO1. The predicted octanol–water partition coefficient (Wildman–Crippen LogP) is 3.16. The molecule has 0 unspecified atom stereocenters. The van der Waals surface area contributed by atoms with Gasteiger partial charge in [0.1, 0.15) is 11.6 Å². The Morgan fingerprint density at radius 3 is 2.33 bits per heavy atom. The zero-order valence-corrected chi connectivity index (χ0v) is 13.1. The third kappa shape index (κ3) is 3.42. The maximum absolute atomic E-state index is 13.0. The number of amides is 1. The Balaban J connectivity index is 1.61. The second kappa shape index (κ2) is 6.39. The maximum atomic E-state index is 13.0. The van der Waals surface area contributed by atoms with Crippen LogP contribution in [-0.2, 0) is 16.2 Å². The van der Waals surface area contributed by atoms with Gasteiger partial charge in [0, 0.05) is 13.0 Å². The van der Waals surface area contributed by atoms with Crippen LogP contribution in [0.2, 0.25) is 0 Å². The highest BCUT2D eigenvalue weighted by Crippen LogP contribution is 2.27. The molecule has 1 N–H and O–H groups in total. The number of rotatable bonds is 4. The van der Waals surface area contributed by atoms with Crippen molar-refractivity contribution in [3.63, 3.8) is 0 Å². The molecule has 1 heterocycles. The average Bonchev–Trinajstić information content (AvgIpc) is 2.98. The number of carbonyl (C=O) groups excluding carboxylic acids is 1. The van der Waals surface area contributed by atoms with Gasteiger partial charge in [-0.1, -0.05) is 29.4 Å². The van der Waals surface area contributed by atoms with Crippen molar-refractivity contribution in [1.29, 1.82) is 0 Å². The largest absolute Gasteiger partial charge is 0.379 e. The Kier molecular flexibility index (Phi) is 4.29. The molecule has 2 aromatic rings. The number of benzene rings is 2. The van der Waals surface area contributed by atoms with Gasteiger partial charge in [-0.2, -0.15) is 0 Å². The van der Waals surface area contributed by atoms with E-state index in [-0.39, 0.29) is 30.5 Å². The lowest BCUT2D eigenvalue weighted by molar-refractivity contribution is -0.141. The van der Waals surface area contributed by atoms with Crippen molar-refractivity contribution in [2.45, 2.75) is 25.5 Å². The van der Waals surface area contributed by atoms with Crippen LogP contribution in [-0.4, -0.2) is 17.2 Å². The van der Waals surface area contributed by atoms with E-state index < -0.39 is 5.60 Å². The van der Waals surface area contributed by atoms with E-state index in [2.05, 4.69) is 10.5 Å². The summed E-state index contributed by atoms with van der Waals surface area (Å²) in [7, 11) is 0. The summed E-state index contributed by atoms with van der Waals surface area (Å²) >= 11 is 0. The van der Waals surface area contributed by atoms with E-state index in [0.29, 0.717) is 11.3 Å². The summed E-state index contributed by atoms with van der Waals surface area (Å²) in [5.74, 6) is -0.973. The van der Waals surface area contributed by atoms with Gasteiger partial charge in [-0.3, -0.25) is 4.79 Å². The van der Waals surface area contributed by atoms with Gasteiger partial charge in [-0.05, 0) is 42.3 Å². The average molecular weight is 330 g/mol. The number of nitrogens with zero attached hydrogens (tertiary/aromatic N) is 1. The lowest BCUT2D eigenvalue weighted by Crippen LogP contribution is -2.44. The van der Waals surface area contributed by atoms with Crippen LogP contribution in [0, 0.1) is 11.6 Å². The summed E-state index contributed by atoms with van der Waals surface area (Å²) in [6.45, 7) is 1.91. The van der Waals surface area contributed by atoms with Crippen molar-refractivity contribution >= 4 is 11.6 Å². The first-order valence-electron chi connectivity index (χ1n) is 7.50. The molecule has 24 heavy (non-hydrogen) atoms. The first kappa shape index (κ1) is 16.1. The van der Waals surface area contributed by atoms with Gasteiger partial charge in [-0.25, -0.2) is 8.78 Å². The molecule has 2 aromatic carbocycles. The third-order valence-corrected chi connectivity index (χ3v) is 3.89. The predicted molar refractivity (Wildman–Crippen MR) is 85.3 cm³/mol. The molecule has 0 aromatic heterocycles. The van der Waals surface area contributed by atoms with Crippen LogP contribution in [0.1, 0.15) is 24.5 Å². The van der Waals surface area contributed by atoms with Crippen LogP contribution >= 0.6 is 0 Å². The molecule has 0 saturated carbocycles. The molecule has 6 heteroatoms. The minimum atomic E-state index is -1.12. The van der Waals surface area contributed by atoms with Crippen LogP contribution in [0.15, 0.2) is 53.7 Å². The zero-order valence-electron chi connectivity index (χ0n) is 13.1. The standard InChI is InChI=1S/C18H16F2N2O2/c1-18(17(23)21-11-12-2-6-14(19)7-3-12)10-16(22-24-18)13-4-8-15(20)9-5-13/h2-9H,10-11H2,1H3,(H,21,23)/t18-/m1/s1. The van der Waals surface area contributed by atoms with Gasteiger partial charge in [0.05, 0.1) is 5.71 Å². The number of halogens is 2. The number of oxime groups is 1. The van der Waals surface area contributed by atoms with Crippen LogP contribution < -0.4 is 5.32 Å². The molecule has 4 nitrogen and oxygen atoms in total. The first-order valence-corrected chi connectivity index (χ1v) is 7.50. The van der Waals surface area contributed by atoms with Crippen molar-refractivity contribution in [3.8, 4) is 0 Å². The summed E-state index contributed by atoms with van der Waals surface area (Å²) < 4.78 is 25.9. The second-order valence-electron chi connectivity index (χ2n) is 5.85. The molecular weight excluding hydrogens is 314 g/mol. The van der Waals surface area contributed by atoms with E-state index in [4.69, 9.17) is 4.84 Å². The van der Waals surface area contributed by atoms with E-state index >= 15 is 0 Å². The van der Waals surface area contributed by atoms with Crippen LogP contribution in [0.4, 0.5) is 8.78 Å². The molecule has 124 valence electrons. The lowest BCUT2D eigenvalue weighted by atomic mass is 9.95. The molecule has 0 spiro atoms. The van der Waals surface area contributed by atoms with E-state index in [0.717, 1.165) is 5.56 Å². The van der Waals surface area contributed by atoms with E-state index in [1.54, 1.807) is 31.2 Å². The number of hydrogen-bond donors (Lipinski definition) is 1. The first-order chi connectivity index (χ1) is 11.5. The van der Waals surface area contributed by atoms with Crippen molar-refractivity contribution in [1.82, 2.24) is 5.32 Å². The van der Waals surface area contributed by atoms with Gasteiger partial charge in [0.15, 0.2) is 0 Å². The molecule has 1 atom stereocenters. The fraction of sp³-hybridized carbons (Fsp3) is 0.222. The second-order valence-corrected chi connectivity index (χ2v) is 5.85. The monoisotopic (exact) mass is 330 g/mol. The molecule has 1 amide bonds. The Labute approximate surface area is 138 Å². The summed E-state index contributed by atoms with van der Waals surface area (Å²) in [6, 6.07) is 11.8. The summed E-state index contributed by atoms with van der Waals surface area (Å²) in [5.41, 5.74) is 0.968. The van der Waals surface area contributed by atoms with Gasteiger partial charge >= 0.3 is 0 Å². The van der Waals surface area contributed by atoms with Crippen LogP contribution in [0.25, 0.3) is 0 Å². The Bertz CT molecular complexity index is 773. The molecule has 1 aliphatic rings. The van der Waals surface area contributed by atoms with Crippen molar-refractivity contribution in [2.75, 3.05) is 0 Å². The fourth-order valence-corrected chi connectivity index (χ4v) is 2.43. The van der Waals surface area contributed by atoms with E-state index in [1.165, 1.54) is 24.3 Å². The number of carbonyl (C=O) groups is 1. The quantitative estimate of drug-likeness (QED) is 0.936. The summed E-state index contributed by atoms with van der Waals surface area (Å²) in [4.78, 5) is 17.7. The zero-order chi connectivity index (χ0) is 17.2. The van der Waals surface area contributed by atoms with Crippen LogP contribution in [0.3, 0.4) is 0 Å². The van der Waals surface area contributed by atoms with Crippen LogP contribution in [0.5, 0.6) is 0 Å². The minimum Gasteiger partial charge on any atom is -0.379 e. The van der Waals surface area contributed by atoms with E-state index in [9.17, 15) is 13.6 Å². The maximum Gasteiger partial charge on any atom is 0.267 e. The van der Waals surface area contributed by atoms with Gasteiger partial charge < -0.3 is 10.2 Å². The smallest absolute Gasteiger partial charge is 0.267 e. The molecule has 0 aliphatic carbocycles. The van der Waals surface area contributed by atoms with E-state index in [1.807, 2.05) is 0 Å². The molecule has 0 saturated heterocycles. The fourth-order valence-electron chi connectivity index (χ4n) is 2.43. The highest BCUT2D eigenvalue weighted by molar-refractivity contribution is 6.05. The Hall–Kier alpha value is -2.76. The molecule has 1 aliphatic heterocycles. The third-order valence-electron chi connectivity index (χ3n) is 3.89. The molecule has 3 rings (SSSR count). The Morgan fingerprint density at radius 1 is 1.12 bits per heavy atom.